The number of thioether (sulfide) groups is 1. The van der Waals surface area contributed by atoms with Crippen LogP contribution in [0.15, 0.2) is 62.6 Å². The average Bonchev–Trinajstić information content (AvgIpc) is 3.14. The Morgan fingerprint density at radius 3 is 2.74 bits per heavy atom. The number of benzene rings is 2. The zero-order valence-corrected chi connectivity index (χ0v) is 16.9. The van der Waals surface area contributed by atoms with Gasteiger partial charge in [0.05, 0.1) is 6.10 Å². The molecule has 3 rings (SSSR count). The van der Waals surface area contributed by atoms with Crippen molar-refractivity contribution in [2.75, 3.05) is 12.4 Å². The summed E-state index contributed by atoms with van der Waals surface area (Å²) in [5, 5.41) is 18.5. The monoisotopic (exact) mass is 448 g/mol. The smallest absolute Gasteiger partial charge is 0.276 e. The van der Waals surface area contributed by atoms with Crippen LogP contribution in [0.25, 0.3) is 11.5 Å². The Kier molecular flexibility index (Phi) is 6.65. The van der Waals surface area contributed by atoms with E-state index in [1.165, 1.54) is 18.7 Å². The fraction of sp³-hybridized carbons (Fsp3) is 0.211. The van der Waals surface area contributed by atoms with Crippen molar-refractivity contribution in [1.82, 2.24) is 10.2 Å². The van der Waals surface area contributed by atoms with Crippen LogP contribution in [-0.4, -0.2) is 39.6 Å². The summed E-state index contributed by atoms with van der Waals surface area (Å²) in [6.07, 6.45) is -0.705. The highest BCUT2D eigenvalue weighted by molar-refractivity contribution is 9.10. The molecule has 0 radical (unpaired) electrons. The molecule has 1 aromatic heterocycles. The fourth-order valence-corrected chi connectivity index (χ4v) is 3.27. The van der Waals surface area contributed by atoms with E-state index < -0.39 is 6.10 Å². The Morgan fingerprint density at radius 2 is 2.04 bits per heavy atom. The molecule has 0 aliphatic heterocycles. The van der Waals surface area contributed by atoms with Crippen molar-refractivity contribution >= 4 is 33.5 Å². The number of aliphatic hydroxyl groups is 1. The third kappa shape index (κ3) is 5.66. The van der Waals surface area contributed by atoms with Gasteiger partial charge in [0, 0.05) is 21.4 Å². The van der Waals surface area contributed by atoms with Crippen molar-refractivity contribution in [3.05, 3.63) is 58.6 Å². The normalized spacial score (nSPS) is 12.0. The van der Waals surface area contributed by atoms with Crippen LogP contribution < -0.4 is 4.74 Å². The predicted octanol–water partition coefficient (Wildman–Crippen LogP) is 4.23. The van der Waals surface area contributed by atoms with Gasteiger partial charge in [0.2, 0.25) is 5.89 Å². The topological polar surface area (TPSA) is 85.5 Å². The molecule has 1 N–H and O–H groups in total. The molecule has 8 heteroatoms. The minimum absolute atomic E-state index is 0.000211. The second-order valence-electron chi connectivity index (χ2n) is 5.74. The van der Waals surface area contributed by atoms with E-state index in [1.807, 2.05) is 24.3 Å². The summed E-state index contributed by atoms with van der Waals surface area (Å²) in [5.74, 6) is 1.37. The number of carbonyl (C=O) groups excluding carboxylic acids is 1. The molecule has 27 heavy (non-hydrogen) atoms. The molecule has 6 nitrogen and oxygen atoms in total. The molecular formula is C19H17BrN2O4S. The van der Waals surface area contributed by atoms with Crippen molar-refractivity contribution in [1.29, 1.82) is 0 Å². The van der Waals surface area contributed by atoms with Gasteiger partial charge in [-0.1, -0.05) is 33.8 Å². The maximum atomic E-state index is 11.2. The molecule has 1 unspecified atom stereocenters. The van der Waals surface area contributed by atoms with Gasteiger partial charge in [-0.05, 0) is 49.4 Å². The number of halogens is 1. The molecular weight excluding hydrogens is 432 g/mol. The van der Waals surface area contributed by atoms with Gasteiger partial charge in [0.15, 0.2) is 5.78 Å². The number of aromatic nitrogens is 2. The highest BCUT2D eigenvalue weighted by Crippen LogP contribution is 2.25. The molecule has 0 aliphatic rings. The van der Waals surface area contributed by atoms with Crippen molar-refractivity contribution in [2.45, 2.75) is 18.3 Å². The Labute approximate surface area is 169 Å². The molecule has 0 aliphatic carbocycles. The van der Waals surface area contributed by atoms with Crippen molar-refractivity contribution < 1.29 is 19.1 Å². The number of aliphatic hydroxyl groups excluding tert-OH is 1. The minimum Gasteiger partial charge on any atom is -0.491 e. The van der Waals surface area contributed by atoms with E-state index in [9.17, 15) is 9.90 Å². The van der Waals surface area contributed by atoms with Crippen LogP contribution in [0, 0.1) is 0 Å². The summed E-state index contributed by atoms with van der Waals surface area (Å²) in [7, 11) is 0. The number of carbonyl (C=O) groups is 1. The van der Waals surface area contributed by atoms with Gasteiger partial charge in [-0.15, -0.1) is 10.2 Å². The number of ketones is 1. The lowest BCUT2D eigenvalue weighted by Crippen LogP contribution is -2.20. The molecule has 3 aromatic rings. The maximum Gasteiger partial charge on any atom is 0.276 e. The third-order valence-electron chi connectivity index (χ3n) is 3.58. The van der Waals surface area contributed by atoms with E-state index in [-0.39, 0.29) is 12.4 Å². The summed E-state index contributed by atoms with van der Waals surface area (Å²) in [5.41, 5.74) is 1.44. The quantitative estimate of drug-likeness (QED) is 0.407. The Hall–Kier alpha value is -2.16. The van der Waals surface area contributed by atoms with Crippen LogP contribution in [0.5, 0.6) is 5.75 Å². The van der Waals surface area contributed by atoms with Gasteiger partial charge in [-0.25, -0.2) is 0 Å². The molecule has 0 saturated carbocycles. The molecule has 1 atom stereocenters. The van der Waals surface area contributed by atoms with E-state index in [0.717, 1.165) is 10.0 Å². The van der Waals surface area contributed by atoms with Gasteiger partial charge < -0.3 is 14.3 Å². The summed E-state index contributed by atoms with van der Waals surface area (Å²) in [6.45, 7) is 1.63. The van der Waals surface area contributed by atoms with Crippen LogP contribution in [0.3, 0.4) is 0 Å². The zero-order valence-electron chi connectivity index (χ0n) is 14.5. The Bertz CT molecular complexity index is 914. The zero-order chi connectivity index (χ0) is 19.2. The number of Topliss-reactive ketones (excluding diaryl/α,β-unsaturated/α-hetero) is 1. The maximum absolute atomic E-state index is 11.2. The number of ether oxygens (including phenoxy) is 1. The second kappa shape index (κ2) is 9.16. The van der Waals surface area contributed by atoms with Gasteiger partial charge in [-0.2, -0.15) is 0 Å². The summed E-state index contributed by atoms with van der Waals surface area (Å²) in [6, 6.07) is 14.4. The van der Waals surface area contributed by atoms with Crippen LogP contribution >= 0.6 is 27.7 Å². The first-order valence-electron chi connectivity index (χ1n) is 8.15. The molecule has 1 heterocycles. The minimum atomic E-state index is -0.705. The molecule has 0 spiro atoms. The first-order chi connectivity index (χ1) is 13.0. The molecule has 0 fully saturated rings. The summed E-state index contributed by atoms with van der Waals surface area (Å²) in [4.78, 5) is 11.2. The SMILES string of the molecule is CC(=O)c1ccc(OCC(O)CSc2nnc(-c3cccc(Br)c3)o2)cc1. The van der Waals surface area contributed by atoms with E-state index in [2.05, 4.69) is 26.1 Å². The Balaban J connectivity index is 1.48. The lowest BCUT2D eigenvalue weighted by atomic mass is 10.1. The van der Waals surface area contributed by atoms with E-state index in [1.54, 1.807) is 24.3 Å². The van der Waals surface area contributed by atoms with Crippen molar-refractivity contribution in [2.24, 2.45) is 0 Å². The van der Waals surface area contributed by atoms with Crippen LogP contribution in [0.1, 0.15) is 17.3 Å². The fourth-order valence-electron chi connectivity index (χ4n) is 2.20. The van der Waals surface area contributed by atoms with E-state index in [4.69, 9.17) is 9.15 Å². The highest BCUT2D eigenvalue weighted by Gasteiger charge is 2.13. The molecule has 140 valence electrons. The Morgan fingerprint density at radius 1 is 1.26 bits per heavy atom. The first-order valence-corrected chi connectivity index (χ1v) is 9.93. The standard InChI is InChI=1S/C19H17BrN2O4S/c1-12(23)13-5-7-17(8-6-13)25-10-16(24)11-27-19-22-21-18(26-19)14-3-2-4-15(20)9-14/h2-9,16,24H,10-11H2,1H3. The lowest BCUT2D eigenvalue weighted by molar-refractivity contribution is 0.101. The number of nitrogens with zero attached hydrogens (tertiary/aromatic N) is 2. The van der Waals surface area contributed by atoms with Crippen molar-refractivity contribution in [3.8, 4) is 17.2 Å². The van der Waals surface area contributed by atoms with Gasteiger partial charge >= 0.3 is 0 Å². The highest BCUT2D eigenvalue weighted by atomic mass is 79.9. The molecule has 0 bridgehead atoms. The van der Waals surface area contributed by atoms with Crippen LogP contribution in [-0.2, 0) is 0 Å². The molecule has 2 aromatic carbocycles. The molecule has 0 amide bonds. The largest absolute Gasteiger partial charge is 0.491 e. The number of rotatable bonds is 8. The van der Waals surface area contributed by atoms with Crippen LogP contribution in [0.2, 0.25) is 0 Å². The summed E-state index contributed by atoms with van der Waals surface area (Å²) >= 11 is 4.67. The third-order valence-corrected chi connectivity index (χ3v) is 5.04. The van der Waals surface area contributed by atoms with Crippen molar-refractivity contribution in [3.63, 3.8) is 0 Å². The first kappa shape index (κ1) is 19.6. The van der Waals surface area contributed by atoms with Gasteiger partial charge in [-0.3, -0.25) is 4.79 Å². The number of hydrogen-bond donors (Lipinski definition) is 1. The van der Waals surface area contributed by atoms with Gasteiger partial charge in [0.1, 0.15) is 12.4 Å². The summed E-state index contributed by atoms with van der Waals surface area (Å²) < 4.78 is 12.1. The van der Waals surface area contributed by atoms with Crippen LogP contribution in [0.4, 0.5) is 0 Å². The van der Waals surface area contributed by atoms with Gasteiger partial charge in [0.25, 0.3) is 5.22 Å². The second-order valence-corrected chi connectivity index (χ2v) is 7.63. The number of hydrogen-bond acceptors (Lipinski definition) is 7. The average molecular weight is 449 g/mol. The molecule has 0 saturated heterocycles. The predicted molar refractivity (Wildman–Crippen MR) is 106 cm³/mol. The van der Waals surface area contributed by atoms with E-state index in [0.29, 0.717) is 28.2 Å². The lowest BCUT2D eigenvalue weighted by Gasteiger charge is -2.11. The van der Waals surface area contributed by atoms with E-state index >= 15 is 0 Å².